The zero-order chi connectivity index (χ0) is 13.5. The zero-order valence-electron chi connectivity index (χ0n) is 11.5. The molecule has 0 fully saturated rings. The lowest BCUT2D eigenvalue weighted by Gasteiger charge is -2.21. The third-order valence-corrected chi connectivity index (χ3v) is 3.23. The third-order valence-electron chi connectivity index (χ3n) is 2.94. The van der Waals surface area contributed by atoms with Crippen LogP contribution in [0.15, 0.2) is 18.2 Å². The molecule has 0 radical (unpaired) electrons. The van der Waals surface area contributed by atoms with Crippen LogP contribution in [-0.4, -0.2) is 12.1 Å². The van der Waals surface area contributed by atoms with Gasteiger partial charge < -0.3 is 5.32 Å². The molecule has 0 aliphatic carbocycles. The highest BCUT2D eigenvalue weighted by Crippen LogP contribution is 2.18. The lowest BCUT2D eigenvalue weighted by molar-refractivity contribution is 0.424. The van der Waals surface area contributed by atoms with Crippen LogP contribution in [0.5, 0.6) is 0 Å². The molecule has 18 heavy (non-hydrogen) atoms. The lowest BCUT2D eigenvalue weighted by atomic mass is 10.0. The highest BCUT2D eigenvalue weighted by Gasteiger charge is 2.11. The summed E-state index contributed by atoms with van der Waals surface area (Å²) in [4.78, 5) is 0. The van der Waals surface area contributed by atoms with Gasteiger partial charge in [0.15, 0.2) is 0 Å². The minimum Gasteiger partial charge on any atom is -0.311 e. The topological polar surface area (TPSA) is 12.0 Å². The van der Waals surface area contributed by atoms with Crippen LogP contribution in [0.25, 0.3) is 0 Å². The van der Waals surface area contributed by atoms with Gasteiger partial charge in [0.1, 0.15) is 5.82 Å². The number of benzene rings is 1. The van der Waals surface area contributed by atoms with Crippen molar-refractivity contribution < 1.29 is 4.39 Å². The van der Waals surface area contributed by atoms with Gasteiger partial charge in [-0.2, -0.15) is 0 Å². The number of nitrogens with one attached hydrogen (secondary N) is 1. The van der Waals surface area contributed by atoms with Gasteiger partial charge in [-0.25, -0.2) is 4.39 Å². The maximum Gasteiger partial charge on any atom is 0.141 e. The average molecular weight is 272 g/mol. The Hall–Kier alpha value is -0.600. The molecular weight excluding hydrogens is 249 g/mol. The minimum atomic E-state index is -0.345. The molecule has 0 bridgehead atoms. The van der Waals surface area contributed by atoms with Gasteiger partial charge in [-0.05, 0) is 30.5 Å². The number of halogens is 2. The quantitative estimate of drug-likeness (QED) is 0.765. The van der Waals surface area contributed by atoms with Crippen LogP contribution in [0, 0.1) is 5.82 Å². The molecule has 0 aromatic heterocycles. The van der Waals surface area contributed by atoms with Gasteiger partial charge in [0, 0.05) is 12.1 Å². The van der Waals surface area contributed by atoms with E-state index in [9.17, 15) is 4.39 Å². The van der Waals surface area contributed by atoms with E-state index in [4.69, 9.17) is 11.6 Å². The average Bonchev–Trinajstić information content (AvgIpc) is 2.30. The Morgan fingerprint density at radius 1 is 1.33 bits per heavy atom. The molecule has 1 aromatic rings. The normalized spacial score (nSPS) is 13.0. The van der Waals surface area contributed by atoms with E-state index in [-0.39, 0.29) is 10.8 Å². The Morgan fingerprint density at radius 2 is 2.06 bits per heavy atom. The monoisotopic (exact) mass is 271 g/mol. The van der Waals surface area contributed by atoms with Crippen molar-refractivity contribution in [3.8, 4) is 0 Å². The second-order valence-electron chi connectivity index (χ2n) is 5.11. The van der Waals surface area contributed by atoms with Crippen LogP contribution < -0.4 is 5.32 Å². The van der Waals surface area contributed by atoms with Gasteiger partial charge >= 0.3 is 0 Å². The molecular formula is C15H23ClFN. The molecule has 1 unspecified atom stereocenters. The predicted molar refractivity (Wildman–Crippen MR) is 76.7 cm³/mol. The summed E-state index contributed by atoms with van der Waals surface area (Å²) >= 11 is 5.81. The molecule has 1 N–H and O–H groups in total. The highest BCUT2D eigenvalue weighted by atomic mass is 35.5. The second-order valence-corrected chi connectivity index (χ2v) is 5.52. The number of rotatable bonds is 7. The molecule has 1 nitrogen and oxygen atoms in total. The van der Waals surface area contributed by atoms with Gasteiger partial charge in [-0.1, -0.05) is 51.3 Å². The summed E-state index contributed by atoms with van der Waals surface area (Å²) in [6, 6.07) is 5.90. The van der Waals surface area contributed by atoms with Gasteiger partial charge in [-0.15, -0.1) is 0 Å². The molecule has 0 aliphatic rings. The summed E-state index contributed by atoms with van der Waals surface area (Å²) in [5.41, 5.74) is 1.09. The van der Waals surface area contributed by atoms with Crippen molar-refractivity contribution in [2.75, 3.05) is 0 Å². The summed E-state index contributed by atoms with van der Waals surface area (Å²) in [7, 11) is 0. The summed E-state index contributed by atoms with van der Waals surface area (Å²) in [6.07, 6.45) is 4.45. The Bertz CT molecular complexity index is 366. The van der Waals surface area contributed by atoms with Crippen LogP contribution in [-0.2, 0) is 6.42 Å². The van der Waals surface area contributed by atoms with Crippen LogP contribution in [0.2, 0.25) is 5.02 Å². The third kappa shape index (κ3) is 5.36. The predicted octanol–water partition coefficient (Wildman–Crippen LogP) is 4.58. The van der Waals surface area contributed by atoms with Gasteiger partial charge in [0.05, 0.1) is 5.02 Å². The molecule has 3 heteroatoms. The molecule has 1 aromatic carbocycles. The molecule has 0 amide bonds. The minimum absolute atomic E-state index is 0.214. The van der Waals surface area contributed by atoms with Gasteiger partial charge in [-0.3, -0.25) is 0 Å². The Balaban J connectivity index is 2.65. The summed E-state index contributed by atoms with van der Waals surface area (Å²) in [6.45, 7) is 6.49. The maximum atomic E-state index is 13.1. The van der Waals surface area contributed by atoms with Crippen molar-refractivity contribution in [3.05, 3.63) is 34.6 Å². The number of hydrogen-bond acceptors (Lipinski definition) is 1. The largest absolute Gasteiger partial charge is 0.311 e. The Labute approximate surface area is 115 Å². The molecule has 1 atom stereocenters. The summed E-state index contributed by atoms with van der Waals surface area (Å²) in [5, 5.41) is 3.77. The van der Waals surface area contributed by atoms with Crippen molar-refractivity contribution >= 4 is 11.6 Å². The van der Waals surface area contributed by atoms with E-state index in [1.54, 1.807) is 6.07 Å². The number of hydrogen-bond donors (Lipinski definition) is 1. The molecule has 0 heterocycles. The molecule has 0 saturated carbocycles. The van der Waals surface area contributed by atoms with E-state index in [1.807, 2.05) is 6.07 Å². The number of unbranched alkanes of at least 4 members (excludes halogenated alkanes) is 1. The smallest absolute Gasteiger partial charge is 0.141 e. The molecule has 0 aliphatic heterocycles. The van der Waals surface area contributed by atoms with Gasteiger partial charge in [0.2, 0.25) is 0 Å². The van der Waals surface area contributed by atoms with Crippen molar-refractivity contribution in [2.24, 2.45) is 0 Å². The van der Waals surface area contributed by atoms with Crippen molar-refractivity contribution in [1.29, 1.82) is 0 Å². The zero-order valence-corrected chi connectivity index (χ0v) is 12.2. The maximum absolute atomic E-state index is 13.1. The second kappa shape index (κ2) is 7.75. The Morgan fingerprint density at radius 3 is 2.61 bits per heavy atom. The first-order chi connectivity index (χ1) is 8.52. The van der Waals surface area contributed by atoms with Crippen LogP contribution >= 0.6 is 11.6 Å². The highest BCUT2D eigenvalue weighted by molar-refractivity contribution is 6.30. The molecule has 102 valence electrons. The molecule has 0 spiro atoms. The SMILES string of the molecule is CCCCC(Cc1ccc(F)c(Cl)c1)NC(C)C. The van der Waals surface area contributed by atoms with Crippen LogP contribution in [0.1, 0.15) is 45.6 Å². The molecule has 1 rings (SSSR count). The summed E-state index contributed by atoms with van der Waals surface area (Å²) < 4.78 is 13.1. The van der Waals surface area contributed by atoms with E-state index in [0.717, 1.165) is 18.4 Å². The summed E-state index contributed by atoms with van der Waals surface area (Å²) in [5.74, 6) is -0.345. The standard InChI is InChI=1S/C15H23ClFN/c1-4-5-6-13(18-11(2)3)9-12-7-8-15(17)14(16)10-12/h7-8,10-11,13,18H,4-6,9H2,1-3H3. The van der Waals surface area contributed by atoms with Crippen molar-refractivity contribution in [2.45, 2.75) is 58.5 Å². The first kappa shape index (κ1) is 15.5. The lowest BCUT2D eigenvalue weighted by Crippen LogP contribution is -2.36. The van der Waals surface area contributed by atoms with Crippen LogP contribution in [0.3, 0.4) is 0 Å². The van der Waals surface area contributed by atoms with Crippen LogP contribution in [0.4, 0.5) is 4.39 Å². The van der Waals surface area contributed by atoms with E-state index in [0.29, 0.717) is 12.1 Å². The van der Waals surface area contributed by atoms with E-state index in [2.05, 4.69) is 26.1 Å². The van der Waals surface area contributed by atoms with E-state index < -0.39 is 0 Å². The fourth-order valence-corrected chi connectivity index (χ4v) is 2.32. The Kier molecular flexibility index (Phi) is 6.66. The van der Waals surface area contributed by atoms with Crippen molar-refractivity contribution in [3.63, 3.8) is 0 Å². The first-order valence-electron chi connectivity index (χ1n) is 6.73. The van der Waals surface area contributed by atoms with E-state index >= 15 is 0 Å². The van der Waals surface area contributed by atoms with E-state index in [1.165, 1.54) is 18.9 Å². The fourth-order valence-electron chi connectivity index (χ4n) is 2.12. The van der Waals surface area contributed by atoms with Crippen molar-refractivity contribution in [1.82, 2.24) is 5.32 Å². The molecule has 0 saturated heterocycles. The first-order valence-corrected chi connectivity index (χ1v) is 7.10. The van der Waals surface area contributed by atoms with Gasteiger partial charge in [0.25, 0.3) is 0 Å². The fraction of sp³-hybridized carbons (Fsp3) is 0.600.